The minimum absolute atomic E-state index is 0.359. The van der Waals surface area contributed by atoms with Crippen LogP contribution in [-0.4, -0.2) is 6.54 Å². The van der Waals surface area contributed by atoms with Gasteiger partial charge in [-0.05, 0) is 72.0 Å². The monoisotopic (exact) mass is 294 g/mol. The van der Waals surface area contributed by atoms with Gasteiger partial charge < -0.3 is 5.32 Å². The Kier molecular flexibility index (Phi) is 3.29. The van der Waals surface area contributed by atoms with Crippen LogP contribution in [0.3, 0.4) is 0 Å². The average molecular weight is 294 g/mol. The van der Waals surface area contributed by atoms with E-state index in [9.17, 15) is 5.26 Å². The first-order valence-corrected chi connectivity index (χ1v) is 8.62. The lowest BCUT2D eigenvalue weighted by atomic mass is 9.77. The molecule has 1 fully saturated rings. The molecule has 21 heavy (non-hydrogen) atoms. The van der Waals surface area contributed by atoms with Gasteiger partial charge in [-0.1, -0.05) is 12.5 Å². The number of fused-ring (bicyclic) bond motifs is 1. The van der Waals surface area contributed by atoms with E-state index in [1.165, 1.54) is 40.0 Å². The van der Waals surface area contributed by atoms with Crippen molar-refractivity contribution in [1.82, 2.24) is 5.32 Å². The summed E-state index contributed by atoms with van der Waals surface area (Å²) in [7, 11) is 0. The highest BCUT2D eigenvalue weighted by molar-refractivity contribution is 7.13. The third-order valence-corrected chi connectivity index (χ3v) is 5.69. The number of piperidine rings is 1. The zero-order valence-electron chi connectivity index (χ0n) is 12.0. The number of hydrogen-bond acceptors (Lipinski definition) is 3. The minimum Gasteiger partial charge on any atom is -0.310 e. The number of benzene rings is 1. The summed E-state index contributed by atoms with van der Waals surface area (Å²) >= 11 is 1.80. The Morgan fingerprint density at radius 2 is 2.14 bits per heavy atom. The molecular weight excluding hydrogens is 276 g/mol. The van der Waals surface area contributed by atoms with Crippen molar-refractivity contribution in [1.29, 1.82) is 5.26 Å². The molecule has 2 heterocycles. The van der Waals surface area contributed by atoms with Crippen LogP contribution in [0.25, 0.3) is 10.4 Å². The van der Waals surface area contributed by atoms with Gasteiger partial charge in [0.15, 0.2) is 0 Å². The van der Waals surface area contributed by atoms with E-state index in [4.69, 9.17) is 0 Å². The molecule has 2 nitrogen and oxygen atoms in total. The molecule has 0 radical (unpaired) electrons. The molecule has 2 aliphatic rings. The van der Waals surface area contributed by atoms with Crippen molar-refractivity contribution >= 4 is 11.3 Å². The summed E-state index contributed by atoms with van der Waals surface area (Å²) in [6.45, 7) is 1.07. The van der Waals surface area contributed by atoms with Crippen molar-refractivity contribution in [2.75, 3.05) is 6.54 Å². The van der Waals surface area contributed by atoms with Gasteiger partial charge in [-0.25, -0.2) is 0 Å². The number of nitrogens with zero attached hydrogens (tertiary/aromatic N) is 1. The second-order valence-corrected chi connectivity index (χ2v) is 6.88. The molecule has 3 heteroatoms. The summed E-state index contributed by atoms with van der Waals surface area (Å²) < 4.78 is 0. The van der Waals surface area contributed by atoms with E-state index in [0.29, 0.717) is 6.04 Å². The van der Waals surface area contributed by atoms with E-state index in [-0.39, 0.29) is 0 Å². The number of thiophene rings is 1. The van der Waals surface area contributed by atoms with E-state index < -0.39 is 0 Å². The molecule has 1 aromatic heterocycles. The van der Waals surface area contributed by atoms with Gasteiger partial charge in [0.25, 0.3) is 0 Å². The molecule has 1 aromatic carbocycles. The molecule has 106 valence electrons. The summed E-state index contributed by atoms with van der Waals surface area (Å²) in [6.07, 6.45) is 5.85. The highest BCUT2D eigenvalue weighted by Gasteiger charge is 2.28. The SMILES string of the molecule is N#Cc1c(C2CCCCN2)cc(-c2cccs2)c2c1CC2. The van der Waals surface area contributed by atoms with Crippen LogP contribution in [0.2, 0.25) is 0 Å². The molecule has 1 aliphatic heterocycles. The maximum Gasteiger partial charge on any atom is 0.0998 e. The second kappa shape index (κ2) is 5.29. The highest BCUT2D eigenvalue weighted by atomic mass is 32.1. The smallest absolute Gasteiger partial charge is 0.0998 e. The molecule has 0 bridgehead atoms. The predicted octanol–water partition coefficient (Wildman–Crippen LogP) is 4.20. The van der Waals surface area contributed by atoms with E-state index >= 15 is 0 Å². The molecule has 1 unspecified atom stereocenters. The quantitative estimate of drug-likeness (QED) is 0.901. The largest absolute Gasteiger partial charge is 0.310 e. The van der Waals surface area contributed by atoms with Crippen LogP contribution in [-0.2, 0) is 12.8 Å². The van der Waals surface area contributed by atoms with Crippen molar-refractivity contribution in [3.63, 3.8) is 0 Å². The normalized spacial score (nSPS) is 20.4. The van der Waals surface area contributed by atoms with Crippen molar-refractivity contribution in [2.24, 2.45) is 0 Å². The minimum atomic E-state index is 0.359. The average Bonchev–Trinajstić information content (AvgIpc) is 3.02. The summed E-state index contributed by atoms with van der Waals surface area (Å²) in [6, 6.07) is 9.46. The zero-order valence-corrected chi connectivity index (χ0v) is 12.8. The fraction of sp³-hybridized carbons (Fsp3) is 0.389. The predicted molar refractivity (Wildman–Crippen MR) is 86.5 cm³/mol. The first-order valence-electron chi connectivity index (χ1n) is 7.74. The molecule has 4 rings (SSSR count). The third-order valence-electron chi connectivity index (χ3n) is 4.79. The molecule has 0 saturated carbocycles. The summed E-state index contributed by atoms with van der Waals surface area (Å²) in [5, 5.41) is 15.4. The third kappa shape index (κ3) is 2.10. The number of nitrogens with one attached hydrogen (secondary N) is 1. The maximum absolute atomic E-state index is 9.63. The zero-order chi connectivity index (χ0) is 14.2. The molecule has 1 N–H and O–H groups in total. The number of hydrogen-bond donors (Lipinski definition) is 1. The van der Waals surface area contributed by atoms with Gasteiger partial charge >= 0.3 is 0 Å². The topological polar surface area (TPSA) is 35.8 Å². The van der Waals surface area contributed by atoms with Gasteiger partial charge in [0.05, 0.1) is 11.6 Å². The van der Waals surface area contributed by atoms with E-state index in [1.807, 2.05) is 0 Å². The molecule has 1 atom stereocenters. The summed E-state index contributed by atoms with van der Waals surface area (Å²) in [5.74, 6) is 0. The lowest BCUT2D eigenvalue weighted by Gasteiger charge is -2.30. The van der Waals surface area contributed by atoms with Gasteiger partial charge in [0.2, 0.25) is 0 Å². The van der Waals surface area contributed by atoms with Crippen molar-refractivity contribution in [3.8, 4) is 16.5 Å². The van der Waals surface area contributed by atoms with E-state index in [1.54, 1.807) is 11.3 Å². The van der Waals surface area contributed by atoms with Crippen molar-refractivity contribution < 1.29 is 0 Å². The first kappa shape index (κ1) is 13.1. The van der Waals surface area contributed by atoms with Crippen LogP contribution in [0.1, 0.15) is 47.6 Å². The van der Waals surface area contributed by atoms with Crippen LogP contribution in [0.4, 0.5) is 0 Å². The number of nitriles is 1. The van der Waals surface area contributed by atoms with E-state index in [0.717, 1.165) is 31.4 Å². The molecule has 2 aromatic rings. The van der Waals surface area contributed by atoms with Crippen LogP contribution in [0.15, 0.2) is 23.6 Å². The first-order chi connectivity index (χ1) is 10.4. The molecule has 0 amide bonds. The van der Waals surface area contributed by atoms with Gasteiger partial charge in [-0.2, -0.15) is 5.26 Å². The van der Waals surface area contributed by atoms with Crippen LogP contribution < -0.4 is 5.32 Å². The van der Waals surface area contributed by atoms with Gasteiger partial charge in [-0.15, -0.1) is 11.3 Å². The molecular formula is C18H18N2S. The van der Waals surface area contributed by atoms with Crippen molar-refractivity contribution in [2.45, 2.75) is 38.1 Å². The second-order valence-electron chi connectivity index (χ2n) is 5.94. The van der Waals surface area contributed by atoms with Crippen molar-refractivity contribution in [3.05, 3.63) is 45.8 Å². The Bertz CT molecular complexity index is 704. The fourth-order valence-electron chi connectivity index (χ4n) is 3.61. The van der Waals surface area contributed by atoms with Crippen LogP contribution in [0, 0.1) is 11.3 Å². The Hall–Kier alpha value is -1.63. The Morgan fingerprint density at radius 1 is 1.24 bits per heavy atom. The molecule has 1 saturated heterocycles. The lowest BCUT2D eigenvalue weighted by Crippen LogP contribution is -2.28. The van der Waals surface area contributed by atoms with Gasteiger partial charge in [0.1, 0.15) is 0 Å². The van der Waals surface area contributed by atoms with Crippen LogP contribution in [0.5, 0.6) is 0 Å². The highest BCUT2D eigenvalue weighted by Crippen LogP contribution is 2.41. The summed E-state index contributed by atoms with van der Waals surface area (Å²) in [4.78, 5) is 1.34. The van der Waals surface area contributed by atoms with E-state index in [2.05, 4.69) is 35.0 Å². The Balaban J connectivity index is 1.87. The Morgan fingerprint density at radius 3 is 2.76 bits per heavy atom. The molecule has 0 spiro atoms. The lowest BCUT2D eigenvalue weighted by molar-refractivity contribution is 0.411. The van der Waals surface area contributed by atoms with Gasteiger partial charge in [-0.3, -0.25) is 0 Å². The fourth-order valence-corrected chi connectivity index (χ4v) is 4.38. The van der Waals surface area contributed by atoms with Crippen LogP contribution >= 0.6 is 11.3 Å². The maximum atomic E-state index is 9.63. The standard InChI is InChI=1S/C18H18N2S/c19-11-16-13-7-6-12(13)15(18-5-3-9-21-18)10-14(16)17-4-1-2-8-20-17/h3,5,9-10,17,20H,1-2,4,6-8H2. The van der Waals surface area contributed by atoms with Gasteiger partial charge in [0, 0.05) is 10.9 Å². The molecule has 1 aliphatic carbocycles. The number of rotatable bonds is 2. The Labute approximate surface area is 129 Å². The summed E-state index contributed by atoms with van der Waals surface area (Å²) in [5.41, 5.74) is 6.28.